The first-order valence-electron chi connectivity index (χ1n) is 11.8. The van der Waals surface area contributed by atoms with Gasteiger partial charge in [0, 0.05) is 31.4 Å². The molecule has 1 saturated carbocycles. The third-order valence-corrected chi connectivity index (χ3v) is 6.39. The van der Waals surface area contributed by atoms with E-state index < -0.39 is 0 Å². The molecule has 32 heavy (non-hydrogen) atoms. The molecule has 3 aromatic rings. The summed E-state index contributed by atoms with van der Waals surface area (Å²) in [6.45, 7) is 4.37. The highest BCUT2D eigenvalue weighted by atomic mass is 16.5. The molecule has 2 fully saturated rings. The summed E-state index contributed by atoms with van der Waals surface area (Å²) >= 11 is 0. The Kier molecular flexibility index (Phi) is 5.72. The molecule has 2 aromatic heterocycles. The third kappa shape index (κ3) is 4.16. The number of amides is 1. The quantitative estimate of drug-likeness (QED) is 0.472. The summed E-state index contributed by atoms with van der Waals surface area (Å²) in [7, 11) is 0. The van der Waals surface area contributed by atoms with Crippen molar-refractivity contribution >= 4 is 17.4 Å². The maximum Gasteiger partial charge on any atom is 0.262 e. The van der Waals surface area contributed by atoms with Crippen LogP contribution in [-0.4, -0.2) is 33.0 Å². The number of carbonyl (C=O) groups excluding carboxylic acids is 1. The molecular weight excluding hydrogens is 404 g/mol. The summed E-state index contributed by atoms with van der Waals surface area (Å²) in [6, 6.07) is 9.53. The third-order valence-electron chi connectivity index (χ3n) is 6.39. The zero-order chi connectivity index (χ0) is 22.1. The molecule has 0 spiro atoms. The van der Waals surface area contributed by atoms with Crippen molar-refractivity contribution in [3.05, 3.63) is 46.9 Å². The van der Waals surface area contributed by atoms with Crippen LogP contribution in [0.3, 0.4) is 0 Å². The predicted molar refractivity (Wildman–Crippen MR) is 124 cm³/mol. The average Bonchev–Trinajstić information content (AvgIpc) is 3.42. The van der Waals surface area contributed by atoms with Crippen LogP contribution in [-0.2, 0) is 11.3 Å². The SMILES string of the molecule is CCCCCn1c(-c2ccc(N3CCCC3=O)cc2)cn2c(=O)cc(OCC3CC3)nc12. The number of hydrogen-bond donors (Lipinski definition) is 0. The van der Waals surface area contributed by atoms with Gasteiger partial charge in [-0.15, -0.1) is 0 Å². The van der Waals surface area contributed by atoms with Gasteiger partial charge in [0.05, 0.1) is 18.4 Å². The van der Waals surface area contributed by atoms with E-state index in [0.29, 0.717) is 30.6 Å². The van der Waals surface area contributed by atoms with Crippen LogP contribution < -0.4 is 15.2 Å². The standard InChI is InChI=1S/C25H30N4O3/c1-2-3-4-13-28-21(19-9-11-20(12-10-19)27-14-5-6-23(27)30)16-29-24(31)15-22(26-25(28)29)32-17-18-7-8-18/h9-12,15-16,18H,2-8,13-14,17H2,1H3. The first-order valence-corrected chi connectivity index (χ1v) is 11.8. The molecule has 0 unspecified atom stereocenters. The molecule has 1 aliphatic heterocycles. The number of aromatic nitrogens is 3. The van der Waals surface area contributed by atoms with Crippen LogP contribution in [0.1, 0.15) is 51.9 Å². The van der Waals surface area contributed by atoms with Gasteiger partial charge in [-0.05, 0) is 49.3 Å². The van der Waals surface area contributed by atoms with Gasteiger partial charge in [-0.3, -0.25) is 14.0 Å². The molecule has 7 nitrogen and oxygen atoms in total. The minimum atomic E-state index is -0.129. The second-order valence-electron chi connectivity index (χ2n) is 8.93. The van der Waals surface area contributed by atoms with Crippen molar-refractivity contribution in [2.45, 2.75) is 58.4 Å². The first-order chi connectivity index (χ1) is 15.6. The van der Waals surface area contributed by atoms with E-state index in [-0.39, 0.29) is 11.5 Å². The van der Waals surface area contributed by atoms with Crippen molar-refractivity contribution in [3.63, 3.8) is 0 Å². The van der Waals surface area contributed by atoms with E-state index in [9.17, 15) is 9.59 Å². The summed E-state index contributed by atoms with van der Waals surface area (Å²) in [5.74, 6) is 1.81. The number of rotatable bonds is 9. The van der Waals surface area contributed by atoms with Crippen molar-refractivity contribution < 1.29 is 9.53 Å². The number of unbranched alkanes of at least 4 members (excludes halogenated alkanes) is 2. The number of ether oxygens (including phenoxy) is 1. The molecule has 2 aliphatic rings. The smallest absolute Gasteiger partial charge is 0.262 e. The Bertz CT molecular complexity index is 1170. The molecule has 1 saturated heterocycles. The highest BCUT2D eigenvalue weighted by molar-refractivity contribution is 5.95. The minimum absolute atomic E-state index is 0.129. The summed E-state index contributed by atoms with van der Waals surface area (Å²) < 4.78 is 9.56. The maximum absolute atomic E-state index is 12.8. The maximum atomic E-state index is 12.8. The van der Waals surface area contributed by atoms with Gasteiger partial charge in [0.15, 0.2) is 0 Å². The number of imidazole rings is 1. The van der Waals surface area contributed by atoms with Gasteiger partial charge >= 0.3 is 0 Å². The van der Waals surface area contributed by atoms with E-state index in [1.165, 1.54) is 18.9 Å². The Morgan fingerprint density at radius 2 is 1.94 bits per heavy atom. The van der Waals surface area contributed by atoms with Crippen LogP contribution in [0.15, 0.2) is 41.3 Å². The Hall–Kier alpha value is -3.09. The number of fused-ring (bicyclic) bond motifs is 1. The fourth-order valence-electron chi connectivity index (χ4n) is 4.34. The van der Waals surface area contributed by atoms with E-state index in [0.717, 1.165) is 55.7 Å². The Morgan fingerprint density at radius 1 is 1.12 bits per heavy atom. The van der Waals surface area contributed by atoms with Gasteiger partial charge in [0.25, 0.3) is 5.56 Å². The van der Waals surface area contributed by atoms with Gasteiger partial charge in [0.1, 0.15) is 0 Å². The molecule has 1 aromatic carbocycles. The molecule has 0 atom stereocenters. The van der Waals surface area contributed by atoms with Gasteiger partial charge in [0.2, 0.25) is 17.6 Å². The van der Waals surface area contributed by atoms with Crippen LogP contribution in [0.25, 0.3) is 17.0 Å². The number of nitrogens with zero attached hydrogens (tertiary/aromatic N) is 4. The van der Waals surface area contributed by atoms with Crippen molar-refractivity contribution in [1.82, 2.24) is 14.0 Å². The molecule has 3 heterocycles. The molecule has 1 amide bonds. The van der Waals surface area contributed by atoms with Crippen LogP contribution in [0.4, 0.5) is 5.69 Å². The van der Waals surface area contributed by atoms with Gasteiger partial charge in [-0.1, -0.05) is 31.9 Å². The van der Waals surface area contributed by atoms with E-state index in [1.54, 1.807) is 4.40 Å². The van der Waals surface area contributed by atoms with Gasteiger partial charge < -0.3 is 14.2 Å². The number of carbonyl (C=O) groups is 1. The van der Waals surface area contributed by atoms with E-state index in [4.69, 9.17) is 9.72 Å². The van der Waals surface area contributed by atoms with Crippen LogP contribution in [0.2, 0.25) is 0 Å². The van der Waals surface area contributed by atoms with Gasteiger partial charge in [-0.25, -0.2) is 0 Å². The summed E-state index contributed by atoms with van der Waals surface area (Å²) in [5.41, 5.74) is 2.75. The molecule has 0 N–H and O–H groups in total. The van der Waals surface area contributed by atoms with Crippen LogP contribution >= 0.6 is 0 Å². The number of hydrogen-bond acceptors (Lipinski definition) is 4. The monoisotopic (exact) mass is 434 g/mol. The first kappa shape index (κ1) is 20.8. The Balaban J connectivity index is 1.51. The zero-order valence-electron chi connectivity index (χ0n) is 18.6. The van der Waals surface area contributed by atoms with Crippen molar-refractivity contribution in [3.8, 4) is 17.1 Å². The Labute approximate surface area is 187 Å². The fraction of sp³-hybridized carbons (Fsp3) is 0.480. The lowest BCUT2D eigenvalue weighted by Gasteiger charge is -2.16. The molecular formula is C25H30N4O3. The predicted octanol–water partition coefficient (Wildman–Crippen LogP) is 4.27. The molecule has 0 bridgehead atoms. The van der Waals surface area contributed by atoms with Crippen molar-refractivity contribution in [2.75, 3.05) is 18.1 Å². The van der Waals surface area contributed by atoms with Crippen LogP contribution in [0, 0.1) is 5.92 Å². The fourth-order valence-corrected chi connectivity index (χ4v) is 4.34. The van der Waals surface area contributed by atoms with E-state index >= 15 is 0 Å². The number of anilines is 1. The van der Waals surface area contributed by atoms with Crippen molar-refractivity contribution in [2.24, 2.45) is 5.92 Å². The number of aryl methyl sites for hydroxylation is 1. The van der Waals surface area contributed by atoms with Crippen molar-refractivity contribution in [1.29, 1.82) is 0 Å². The average molecular weight is 435 g/mol. The lowest BCUT2D eigenvalue weighted by molar-refractivity contribution is -0.117. The highest BCUT2D eigenvalue weighted by Gasteiger charge is 2.23. The largest absolute Gasteiger partial charge is 0.477 e. The topological polar surface area (TPSA) is 68.8 Å². The molecule has 5 rings (SSSR count). The summed E-state index contributed by atoms with van der Waals surface area (Å²) in [4.78, 5) is 31.5. The van der Waals surface area contributed by atoms with Crippen LogP contribution in [0.5, 0.6) is 5.88 Å². The van der Waals surface area contributed by atoms with Gasteiger partial charge in [-0.2, -0.15) is 4.98 Å². The molecule has 7 heteroatoms. The van der Waals surface area contributed by atoms with E-state index in [1.807, 2.05) is 35.4 Å². The Morgan fingerprint density at radius 3 is 2.62 bits per heavy atom. The highest BCUT2D eigenvalue weighted by Crippen LogP contribution is 2.30. The number of benzene rings is 1. The molecule has 1 aliphatic carbocycles. The molecule has 0 radical (unpaired) electrons. The zero-order valence-corrected chi connectivity index (χ0v) is 18.6. The summed E-state index contributed by atoms with van der Waals surface area (Å²) in [5, 5.41) is 0. The lowest BCUT2D eigenvalue weighted by Crippen LogP contribution is -2.23. The minimum Gasteiger partial charge on any atom is -0.477 e. The molecule has 168 valence electrons. The second kappa shape index (κ2) is 8.81. The second-order valence-corrected chi connectivity index (χ2v) is 8.93. The normalized spacial score (nSPS) is 16.3. The summed E-state index contributed by atoms with van der Waals surface area (Å²) in [6.07, 6.45) is 9.03. The lowest BCUT2D eigenvalue weighted by atomic mass is 10.1. The van der Waals surface area contributed by atoms with E-state index in [2.05, 4.69) is 11.5 Å².